The van der Waals surface area contributed by atoms with Crippen LogP contribution in [0.2, 0.25) is 0 Å². The summed E-state index contributed by atoms with van der Waals surface area (Å²) < 4.78 is 5.06. The molecule has 0 fully saturated rings. The Labute approximate surface area is 197 Å². The zero-order chi connectivity index (χ0) is 23.0. The topological polar surface area (TPSA) is 39.2 Å². The summed E-state index contributed by atoms with van der Waals surface area (Å²) in [4.78, 5) is 17.8. The van der Waals surface area contributed by atoms with Crippen LogP contribution in [0.15, 0.2) is 35.4 Å². The van der Waals surface area contributed by atoms with Crippen molar-refractivity contribution in [3.8, 4) is 11.8 Å². The van der Waals surface area contributed by atoms with Gasteiger partial charge in [0.05, 0.1) is 12.2 Å². The first-order chi connectivity index (χ1) is 15.5. The van der Waals surface area contributed by atoms with Gasteiger partial charge in [0, 0.05) is 16.7 Å². The summed E-state index contributed by atoms with van der Waals surface area (Å²) in [5.41, 5.74) is 4.89. The quantitative estimate of drug-likeness (QED) is 0.319. The van der Waals surface area contributed by atoms with Gasteiger partial charge in [-0.25, -0.2) is 9.78 Å². The van der Waals surface area contributed by atoms with Crippen molar-refractivity contribution in [3.63, 3.8) is 0 Å². The maximum atomic E-state index is 11.9. The predicted octanol–water partition coefficient (Wildman–Crippen LogP) is 7.08. The van der Waals surface area contributed by atoms with Gasteiger partial charge in [0.15, 0.2) is 0 Å². The summed E-state index contributed by atoms with van der Waals surface area (Å²) in [6.07, 6.45) is 10.4. The molecule has 2 heterocycles. The molecule has 0 bridgehead atoms. The number of ether oxygens (including phenoxy) is 1. The van der Waals surface area contributed by atoms with Crippen molar-refractivity contribution in [2.24, 2.45) is 0 Å². The normalized spacial score (nSPS) is 14.2. The van der Waals surface area contributed by atoms with E-state index in [1.807, 2.05) is 18.7 Å². The van der Waals surface area contributed by atoms with Gasteiger partial charge >= 0.3 is 5.97 Å². The van der Waals surface area contributed by atoms with E-state index >= 15 is 0 Å². The SMILES string of the molecule is CCCCC1(CCCC)CCSc2ccc(C#Cc3ncc(C(=O)OCC)cc3C)cc21. The highest BCUT2D eigenvalue weighted by atomic mass is 32.2. The fourth-order valence-electron chi connectivity index (χ4n) is 4.48. The molecular formula is C28H35NO2S. The monoisotopic (exact) mass is 449 g/mol. The van der Waals surface area contributed by atoms with E-state index in [2.05, 4.69) is 48.9 Å². The summed E-state index contributed by atoms with van der Waals surface area (Å²) in [7, 11) is 0. The Hall–Kier alpha value is -2.25. The van der Waals surface area contributed by atoms with Crippen LogP contribution in [0.1, 0.15) is 98.5 Å². The Morgan fingerprint density at radius 2 is 1.88 bits per heavy atom. The van der Waals surface area contributed by atoms with Crippen LogP contribution in [0.4, 0.5) is 0 Å². The van der Waals surface area contributed by atoms with E-state index in [0.29, 0.717) is 23.3 Å². The second kappa shape index (κ2) is 11.6. The van der Waals surface area contributed by atoms with Crippen LogP contribution >= 0.6 is 11.8 Å². The molecule has 0 amide bonds. The molecule has 0 aliphatic carbocycles. The number of carbonyl (C=O) groups is 1. The van der Waals surface area contributed by atoms with Gasteiger partial charge in [-0.2, -0.15) is 0 Å². The predicted molar refractivity (Wildman–Crippen MR) is 133 cm³/mol. The molecule has 32 heavy (non-hydrogen) atoms. The minimum atomic E-state index is -0.342. The molecule has 4 heteroatoms. The number of pyridine rings is 1. The zero-order valence-electron chi connectivity index (χ0n) is 19.9. The van der Waals surface area contributed by atoms with Crippen molar-refractivity contribution in [1.29, 1.82) is 0 Å². The number of aromatic nitrogens is 1. The lowest BCUT2D eigenvalue weighted by Gasteiger charge is -2.39. The molecule has 2 aromatic rings. The highest BCUT2D eigenvalue weighted by Gasteiger charge is 2.35. The molecule has 0 unspecified atom stereocenters. The van der Waals surface area contributed by atoms with Gasteiger partial charge < -0.3 is 4.74 Å². The van der Waals surface area contributed by atoms with E-state index in [1.54, 1.807) is 19.2 Å². The molecule has 1 aliphatic rings. The fraction of sp³-hybridized carbons (Fsp3) is 0.500. The van der Waals surface area contributed by atoms with E-state index in [-0.39, 0.29) is 5.97 Å². The molecule has 3 nitrogen and oxygen atoms in total. The number of hydrogen-bond acceptors (Lipinski definition) is 4. The van der Waals surface area contributed by atoms with Crippen molar-refractivity contribution in [2.75, 3.05) is 12.4 Å². The first-order valence-electron chi connectivity index (χ1n) is 12.0. The number of thioether (sulfide) groups is 1. The average Bonchev–Trinajstić information content (AvgIpc) is 2.81. The van der Waals surface area contributed by atoms with E-state index in [1.165, 1.54) is 61.2 Å². The molecule has 1 aliphatic heterocycles. The molecule has 0 saturated carbocycles. The van der Waals surface area contributed by atoms with E-state index in [0.717, 1.165) is 11.1 Å². The van der Waals surface area contributed by atoms with Crippen LogP contribution in [-0.4, -0.2) is 23.3 Å². The first-order valence-corrected chi connectivity index (χ1v) is 12.9. The van der Waals surface area contributed by atoms with Gasteiger partial charge in [-0.15, -0.1) is 11.8 Å². The Morgan fingerprint density at radius 3 is 2.53 bits per heavy atom. The van der Waals surface area contributed by atoms with Gasteiger partial charge in [-0.05, 0) is 85.6 Å². The van der Waals surface area contributed by atoms with Crippen LogP contribution in [0.25, 0.3) is 0 Å². The lowest BCUT2D eigenvalue weighted by atomic mass is 9.70. The second-order valence-electron chi connectivity index (χ2n) is 8.66. The number of nitrogens with zero attached hydrogens (tertiary/aromatic N) is 1. The standard InChI is InChI=1S/C28H35NO2S/c1-5-8-14-28(15-9-6-2)16-17-32-26-13-11-22(19-24(26)28)10-12-25-21(4)18-23(20-29-25)27(30)31-7-3/h11,13,18-20H,5-9,14-17H2,1-4H3. The van der Waals surface area contributed by atoms with Gasteiger partial charge in [-0.1, -0.05) is 45.5 Å². The Balaban J connectivity index is 1.91. The number of hydrogen-bond donors (Lipinski definition) is 0. The lowest BCUT2D eigenvalue weighted by Crippen LogP contribution is -2.30. The average molecular weight is 450 g/mol. The maximum absolute atomic E-state index is 11.9. The molecule has 170 valence electrons. The molecule has 3 rings (SSSR count). The molecule has 1 aromatic heterocycles. The number of esters is 1. The largest absolute Gasteiger partial charge is 0.462 e. The maximum Gasteiger partial charge on any atom is 0.339 e. The summed E-state index contributed by atoms with van der Waals surface area (Å²) in [6, 6.07) is 8.54. The van der Waals surface area contributed by atoms with Gasteiger partial charge in [0.2, 0.25) is 0 Å². The van der Waals surface area contributed by atoms with Crippen LogP contribution < -0.4 is 0 Å². The van der Waals surface area contributed by atoms with Crippen molar-refractivity contribution in [3.05, 3.63) is 58.4 Å². The van der Waals surface area contributed by atoms with E-state index in [4.69, 9.17) is 4.74 Å². The number of aryl methyl sites for hydroxylation is 1. The number of carbonyl (C=O) groups excluding carboxylic acids is 1. The number of benzene rings is 1. The summed E-state index contributed by atoms with van der Waals surface area (Å²) in [6.45, 7) is 8.67. The molecule has 0 spiro atoms. The number of fused-ring (bicyclic) bond motifs is 1. The number of unbranched alkanes of at least 4 members (excludes halogenated alkanes) is 2. The van der Waals surface area contributed by atoms with E-state index in [9.17, 15) is 4.79 Å². The van der Waals surface area contributed by atoms with Crippen LogP contribution in [-0.2, 0) is 10.2 Å². The molecule has 1 aromatic carbocycles. The number of rotatable bonds is 8. The van der Waals surface area contributed by atoms with Gasteiger partial charge in [0.25, 0.3) is 0 Å². The zero-order valence-corrected chi connectivity index (χ0v) is 20.7. The highest BCUT2D eigenvalue weighted by molar-refractivity contribution is 7.99. The van der Waals surface area contributed by atoms with Crippen LogP contribution in [0.5, 0.6) is 0 Å². The van der Waals surface area contributed by atoms with Crippen LogP contribution in [0, 0.1) is 18.8 Å². The Bertz CT molecular complexity index is 994. The Kier molecular flexibility index (Phi) is 8.82. The van der Waals surface area contributed by atoms with E-state index < -0.39 is 0 Å². The molecule has 0 atom stereocenters. The first kappa shape index (κ1) is 24.4. The van der Waals surface area contributed by atoms with Crippen molar-refractivity contribution in [1.82, 2.24) is 4.98 Å². The molecule has 0 saturated heterocycles. The third-order valence-corrected chi connectivity index (χ3v) is 7.40. The summed E-state index contributed by atoms with van der Waals surface area (Å²) in [5.74, 6) is 7.43. The third kappa shape index (κ3) is 5.75. The minimum Gasteiger partial charge on any atom is -0.462 e. The minimum absolute atomic E-state index is 0.291. The Morgan fingerprint density at radius 1 is 1.12 bits per heavy atom. The van der Waals surface area contributed by atoms with Gasteiger partial charge in [-0.3, -0.25) is 0 Å². The summed E-state index contributed by atoms with van der Waals surface area (Å²) >= 11 is 1.99. The van der Waals surface area contributed by atoms with Crippen molar-refractivity contribution >= 4 is 17.7 Å². The molecule has 0 radical (unpaired) electrons. The third-order valence-electron chi connectivity index (χ3n) is 6.32. The smallest absolute Gasteiger partial charge is 0.339 e. The van der Waals surface area contributed by atoms with Crippen LogP contribution in [0.3, 0.4) is 0 Å². The van der Waals surface area contributed by atoms with Crippen molar-refractivity contribution in [2.45, 2.75) is 83.0 Å². The second-order valence-corrected chi connectivity index (χ2v) is 9.79. The molecular weight excluding hydrogens is 414 g/mol. The van der Waals surface area contributed by atoms with Gasteiger partial charge in [0.1, 0.15) is 5.69 Å². The highest BCUT2D eigenvalue weighted by Crippen LogP contribution is 2.48. The fourth-order valence-corrected chi connectivity index (χ4v) is 5.78. The summed E-state index contributed by atoms with van der Waals surface area (Å²) in [5, 5.41) is 0. The molecule has 0 N–H and O–H groups in total. The lowest BCUT2D eigenvalue weighted by molar-refractivity contribution is 0.0525. The van der Waals surface area contributed by atoms with Crippen molar-refractivity contribution < 1.29 is 9.53 Å².